The van der Waals surface area contributed by atoms with Crippen molar-refractivity contribution >= 4 is 40.8 Å². The van der Waals surface area contributed by atoms with Gasteiger partial charge in [-0.05, 0) is 42.5 Å². The summed E-state index contributed by atoms with van der Waals surface area (Å²) in [6.07, 6.45) is 0.103. The van der Waals surface area contributed by atoms with Crippen molar-refractivity contribution in [2.75, 3.05) is 5.32 Å². The van der Waals surface area contributed by atoms with Gasteiger partial charge in [0, 0.05) is 22.2 Å². The summed E-state index contributed by atoms with van der Waals surface area (Å²) >= 11 is 11.7. The molecule has 0 radical (unpaired) electrons. The SMILES string of the molecule is CC(C)(CC#N)C(=O)Nc1ccc(C(=O)Oc2cc(Cl)cc(Cl)c2)cc1. The lowest BCUT2D eigenvalue weighted by atomic mass is 9.89. The second-order valence-corrected chi connectivity index (χ2v) is 7.12. The average Bonchev–Trinajstić information content (AvgIpc) is 2.54. The molecule has 134 valence electrons. The minimum absolute atomic E-state index is 0.103. The van der Waals surface area contributed by atoms with Crippen molar-refractivity contribution in [1.29, 1.82) is 5.26 Å². The largest absolute Gasteiger partial charge is 0.423 e. The van der Waals surface area contributed by atoms with Crippen LogP contribution in [0.5, 0.6) is 5.75 Å². The first-order valence-electron chi connectivity index (χ1n) is 7.68. The van der Waals surface area contributed by atoms with Crippen LogP contribution < -0.4 is 10.1 Å². The maximum atomic E-state index is 12.2. The third-order valence-corrected chi connectivity index (χ3v) is 4.00. The topological polar surface area (TPSA) is 79.2 Å². The molecule has 0 aliphatic rings. The van der Waals surface area contributed by atoms with E-state index in [2.05, 4.69) is 5.32 Å². The normalized spacial score (nSPS) is 10.7. The molecule has 0 aromatic heterocycles. The standard InChI is InChI=1S/C19H16Cl2N2O3/c1-19(2,7-8-22)18(25)23-15-5-3-12(4-6-15)17(24)26-16-10-13(20)9-14(21)11-16/h3-6,9-11H,7H2,1-2H3,(H,23,25). The number of amides is 1. The maximum Gasteiger partial charge on any atom is 0.343 e. The number of rotatable bonds is 5. The van der Waals surface area contributed by atoms with Crippen LogP contribution in [0.2, 0.25) is 10.0 Å². The highest BCUT2D eigenvalue weighted by Gasteiger charge is 2.27. The molecule has 2 aromatic rings. The van der Waals surface area contributed by atoms with E-state index in [1.807, 2.05) is 6.07 Å². The van der Waals surface area contributed by atoms with Crippen LogP contribution in [-0.2, 0) is 4.79 Å². The van der Waals surface area contributed by atoms with Crippen molar-refractivity contribution in [3.05, 3.63) is 58.1 Å². The van der Waals surface area contributed by atoms with Crippen LogP contribution in [0.4, 0.5) is 5.69 Å². The van der Waals surface area contributed by atoms with E-state index in [0.717, 1.165) is 0 Å². The number of hydrogen-bond donors (Lipinski definition) is 1. The molecule has 1 amide bonds. The molecule has 0 aliphatic carbocycles. The number of nitrogens with one attached hydrogen (secondary N) is 1. The molecule has 7 heteroatoms. The highest BCUT2D eigenvalue weighted by Crippen LogP contribution is 2.25. The Hall–Kier alpha value is -2.55. The van der Waals surface area contributed by atoms with E-state index in [0.29, 0.717) is 21.3 Å². The first-order chi connectivity index (χ1) is 12.2. The van der Waals surface area contributed by atoms with E-state index in [9.17, 15) is 9.59 Å². The van der Waals surface area contributed by atoms with Crippen LogP contribution in [0, 0.1) is 16.7 Å². The van der Waals surface area contributed by atoms with Crippen molar-refractivity contribution in [2.45, 2.75) is 20.3 Å². The van der Waals surface area contributed by atoms with Gasteiger partial charge in [-0.15, -0.1) is 0 Å². The second kappa shape index (κ2) is 8.22. The second-order valence-electron chi connectivity index (χ2n) is 6.24. The monoisotopic (exact) mass is 390 g/mol. The summed E-state index contributed by atoms with van der Waals surface area (Å²) < 4.78 is 5.24. The number of carbonyl (C=O) groups is 2. The highest BCUT2D eigenvalue weighted by atomic mass is 35.5. The number of ether oxygens (including phenoxy) is 1. The molecular formula is C19H16Cl2N2O3. The Kier molecular flexibility index (Phi) is 6.25. The third-order valence-electron chi connectivity index (χ3n) is 3.56. The van der Waals surface area contributed by atoms with E-state index in [-0.39, 0.29) is 18.1 Å². The summed E-state index contributed by atoms with van der Waals surface area (Å²) in [4.78, 5) is 24.4. The van der Waals surface area contributed by atoms with Gasteiger partial charge in [0.2, 0.25) is 5.91 Å². The number of hydrogen-bond acceptors (Lipinski definition) is 4. The van der Waals surface area contributed by atoms with Crippen LogP contribution in [0.1, 0.15) is 30.6 Å². The first kappa shape index (κ1) is 19.8. The predicted molar refractivity (Wildman–Crippen MR) is 101 cm³/mol. The Morgan fingerprint density at radius 3 is 2.23 bits per heavy atom. The van der Waals surface area contributed by atoms with E-state index >= 15 is 0 Å². The van der Waals surface area contributed by atoms with Gasteiger partial charge in [0.1, 0.15) is 5.75 Å². The lowest BCUT2D eigenvalue weighted by Gasteiger charge is -2.20. The molecule has 0 spiro atoms. The summed E-state index contributed by atoms with van der Waals surface area (Å²) in [5.74, 6) is -0.614. The summed E-state index contributed by atoms with van der Waals surface area (Å²) in [6, 6.07) is 12.7. The molecule has 0 heterocycles. The van der Waals surface area contributed by atoms with E-state index in [4.69, 9.17) is 33.2 Å². The summed E-state index contributed by atoms with van der Waals surface area (Å²) in [5, 5.41) is 12.2. The molecule has 0 saturated carbocycles. The minimum Gasteiger partial charge on any atom is -0.423 e. The number of carbonyl (C=O) groups excluding carboxylic acids is 2. The van der Waals surface area contributed by atoms with Crippen LogP contribution in [0.3, 0.4) is 0 Å². The molecule has 0 fully saturated rings. The molecule has 0 unspecified atom stereocenters. The first-order valence-corrected chi connectivity index (χ1v) is 8.43. The zero-order chi connectivity index (χ0) is 19.3. The van der Waals surface area contributed by atoms with Gasteiger partial charge < -0.3 is 10.1 Å². The number of benzene rings is 2. The van der Waals surface area contributed by atoms with Crippen molar-refractivity contribution in [3.8, 4) is 11.8 Å². The predicted octanol–water partition coefficient (Wildman–Crippen LogP) is 5.09. The number of halogens is 2. The number of esters is 1. The summed E-state index contributed by atoms with van der Waals surface area (Å²) in [6.45, 7) is 3.38. The minimum atomic E-state index is -0.807. The third kappa shape index (κ3) is 5.22. The molecule has 2 rings (SSSR count). The Balaban J connectivity index is 2.06. The Bertz CT molecular complexity index is 851. The summed E-state index contributed by atoms with van der Waals surface area (Å²) in [5.41, 5.74) is 0.0109. The number of nitrogens with zero attached hydrogens (tertiary/aromatic N) is 1. The molecule has 2 aromatic carbocycles. The number of anilines is 1. The van der Waals surface area contributed by atoms with E-state index < -0.39 is 11.4 Å². The van der Waals surface area contributed by atoms with Gasteiger partial charge in [-0.3, -0.25) is 4.79 Å². The lowest BCUT2D eigenvalue weighted by molar-refractivity contribution is -0.123. The van der Waals surface area contributed by atoms with Crippen molar-refractivity contribution in [3.63, 3.8) is 0 Å². The Morgan fingerprint density at radius 1 is 1.12 bits per heavy atom. The molecule has 1 N–H and O–H groups in total. The van der Waals surface area contributed by atoms with Crippen molar-refractivity contribution < 1.29 is 14.3 Å². The fraction of sp³-hybridized carbons (Fsp3) is 0.211. The van der Waals surface area contributed by atoms with Gasteiger partial charge in [-0.2, -0.15) is 5.26 Å². The van der Waals surface area contributed by atoms with Gasteiger partial charge >= 0.3 is 5.97 Å². The van der Waals surface area contributed by atoms with Crippen LogP contribution in [-0.4, -0.2) is 11.9 Å². The molecule has 26 heavy (non-hydrogen) atoms. The molecule has 0 saturated heterocycles. The molecule has 0 bridgehead atoms. The van der Waals surface area contributed by atoms with Gasteiger partial charge in [-0.1, -0.05) is 37.0 Å². The molecule has 0 aliphatic heterocycles. The van der Waals surface area contributed by atoms with Gasteiger partial charge in [0.05, 0.1) is 17.0 Å². The molecular weight excluding hydrogens is 375 g/mol. The van der Waals surface area contributed by atoms with Gasteiger partial charge in [-0.25, -0.2) is 4.79 Å². The summed E-state index contributed by atoms with van der Waals surface area (Å²) in [7, 11) is 0. The quantitative estimate of drug-likeness (QED) is 0.569. The highest BCUT2D eigenvalue weighted by molar-refractivity contribution is 6.34. The molecule has 0 atom stereocenters. The zero-order valence-corrected chi connectivity index (χ0v) is 15.7. The van der Waals surface area contributed by atoms with Crippen molar-refractivity contribution in [2.24, 2.45) is 5.41 Å². The van der Waals surface area contributed by atoms with Crippen LogP contribution >= 0.6 is 23.2 Å². The van der Waals surface area contributed by atoms with Crippen LogP contribution in [0.15, 0.2) is 42.5 Å². The van der Waals surface area contributed by atoms with Crippen LogP contribution in [0.25, 0.3) is 0 Å². The van der Waals surface area contributed by atoms with E-state index in [1.54, 1.807) is 26.0 Å². The average molecular weight is 391 g/mol. The van der Waals surface area contributed by atoms with Gasteiger partial charge in [0.25, 0.3) is 0 Å². The lowest BCUT2D eigenvalue weighted by Crippen LogP contribution is -2.30. The maximum absolute atomic E-state index is 12.2. The number of nitriles is 1. The zero-order valence-electron chi connectivity index (χ0n) is 14.2. The van der Waals surface area contributed by atoms with Gasteiger partial charge in [0.15, 0.2) is 0 Å². The fourth-order valence-electron chi connectivity index (χ4n) is 2.02. The van der Waals surface area contributed by atoms with E-state index in [1.165, 1.54) is 30.3 Å². The fourth-order valence-corrected chi connectivity index (χ4v) is 2.53. The Labute approximate surface area is 161 Å². The smallest absolute Gasteiger partial charge is 0.343 e. The molecule has 5 nitrogen and oxygen atoms in total. The van der Waals surface area contributed by atoms with Crippen molar-refractivity contribution in [1.82, 2.24) is 0 Å². The Morgan fingerprint density at radius 2 is 1.69 bits per heavy atom.